The number of para-hydroxylation sites is 2. The highest BCUT2D eigenvalue weighted by Crippen LogP contribution is 2.24. The van der Waals surface area contributed by atoms with Crippen molar-refractivity contribution < 1.29 is 4.79 Å². The summed E-state index contributed by atoms with van der Waals surface area (Å²) in [6.45, 7) is 6.72. The lowest BCUT2D eigenvalue weighted by atomic mass is 10.2. The zero-order chi connectivity index (χ0) is 16.8. The molecule has 0 spiro atoms. The number of anilines is 2. The highest BCUT2D eigenvalue weighted by Gasteiger charge is 2.22. The lowest BCUT2D eigenvalue weighted by Gasteiger charge is -2.37. The van der Waals surface area contributed by atoms with Crippen molar-refractivity contribution in [1.82, 2.24) is 15.1 Å². The molecular weight excluding hydrogens is 290 g/mol. The van der Waals surface area contributed by atoms with Gasteiger partial charge in [-0.2, -0.15) is 0 Å². The van der Waals surface area contributed by atoms with E-state index < -0.39 is 0 Å². The third-order valence-electron chi connectivity index (χ3n) is 4.52. The Kier molecular flexibility index (Phi) is 6.24. The summed E-state index contributed by atoms with van der Waals surface area (Å²) in [5.74, 6) is 0. The van der Waals surface area contributed by atoms with Gasteiger partial charge in [-0.1, -0.05) is 12.1 Å². The molecular formula is C17H29N5O. The second kappa shape index (κ2) is 8.17. The Labute approximate surface area is 139 Å². The van der Waals surface area contributed by atoms with E-state index >= 15 is 0 Å². The molecule has 128 valence electrons. The monoisotopic (exact) mass is 319 g/mol. The third kappa shape index (κ3) is 4.84. The molecule has 0 unspecified atom stereocenters. The highest BCUT2D eigenvalue weighted by atomic mass is 16.2. The molecule has 1 saturated heterocycles. The first kappa shape index (κ1) is 17.6. The van der Waals surface area contributed by atoms with E-state index in [4.69, 9.17) is 0 Å². The van der Waals surface area contributed by atoms with Crippen LogP contribution in [0.25, 0.3) is 0 Å². The van der Waals surface area contributed by atoms with Gasteiger partial charge >= 0.3 is 6.03 Å². The van der Waals surface area contributed by atoms with Crippen molar-refractivity contribution in [2.75, 3.05) is 64.1 Å². The Bertz CT molecular complexity index is 521. The second-order valence-electron chi connectivity index (χ2n) is 6.26. The number of hydrogen-bond acceptors (Lipinski definition) is 4. The van der Waals surface area contributed by atoms with Crippen molar-refractivity contribution in [3.63, 3.8) is 0 Å². The maximum atomic E-state index is 12.2. The summed E-state index contributed by atoms with van der Waals surface area (Å²) in [5, 5.41) is 5.97. The molecule has 2 amide bonds. The fraction of sp³-hybridized carbons (Fsp3) is 0.588. The molecule has 1 aromatic carbocycles. The van der Waals surface area contributed by atoms with E-state index in [1.165, 1.54) is 0 Å². The van der Waals surface area contributed by atoms with Crippen LogP contribution in [0.15, 0.2) is 24.3 Å². The van der Waals surface area contributed by atoms with Gasteiger partial charge in [-0.25, -0.2) is 4.79 Å². The van der Waals surface area contributed by atoms with Crippen LogP contribution >= 0.6 is 0 Å². The van der Waals surface area contributed by atoms with E-state index in [9.17, 15) is 4.79 Å². The van der Waals surface area contributed by atoms with E-state index in [-0.39, 0.29) is 6.03 Å². The van der Waals surface area contributed by atoms with Gasteiger partial charge in [-0.3, -0.25) is 4.90 Å². The maximum absolute atomic E-state index is 12.2. The van der Waals surface area contributed by atoms with Gasteiger partial charge in [0.2, 0.25) is 0 Å². The van der Waals surface area contributed by atoms with Gasteiger partial charge in [0.05, 0.1) is 11.4 Å². The average Bonchev–Trinajstić information content (AvgIpc) is 2.55. The summed E-state index contributed by atoms with van der Waals surface area (Å²) >= 11 is 0. The molecule has 1 aliphatic rings. The van der Waals surface area contributed by atoms with Crippen molar-refractivity contribution in [2.45, 2.75) is 13.0 Å². The molecule has 6 heteroatoms. The number of likely N-dealkylation sites (N-methyl/N-ethyl adjacent to an activating group) is 2. The van der Waals surface area contributed by atoms with Crippen molar-refractivity contribution in [3.05, 3.63) is 24.3 Å². The first-order valence-corrected chi connectivity index (χ1v) is 8.25. The van der Waals surface area contributed by atoms with Gasteiger partial charge in [0.25, 0.3) is 0 Å². The molecule has 2 N–H and O–H groups in total. The Balaban J connectivity index is 1.90. The van der Waals surface area contributed by atoms with E-state index in [1.807, 2.05) is 31.3 Å². The molecule has 2 rings (SSSR count). The molecule has 23 heavy (non-hydrogen) atoms. The average molecular weight is 319 g/mol. The van der Waals surface area contributed by atoms with Gasteiger partial charge in [0, 0.05) is 45.8 Å². The third-order valence-corrected chi connectivity index (χ3v) is 4.52. The summed E-state index contributed by atoms with van der Waals surface area (Å²) in [6, 6.07) is 8.07. The second-order valence-corrected chi connectivity index (χ2v) is 6.26. The number of piperazine rings is 1. The number of amides is 2. The van der Waals surface area contributed by atoms with Crippen LogP contribution in [-0.2, 0) is 0 Å². The fourth-order valence-corrected chi connectivity index (χ4v) is 2.78. The van der Waals surface area contributed by atoms with Crippen LogP contribution in [-0.4, -0.2) is 75.7 Å². The van der Waals surface area contributed by atoms with Crippen LogP contribution in [0, 0.1) is 0 Å². The summed E-state index contributed by atoms with van der Waals surface area (Å²) in [4.78, 5) is 19.0. The van der Waals surface area contributed by atoms with Gasteiger partial charge in [-0.05, 0) is 33.2 Å². The molecule has 1 heterocycles. The first-order valence-electron chi connectivity index (χ1n) is 8.25. The minimum absolute atomic E-state index is 0.149. The Morgan fingerprint density at radius 1 is 1.30 bits per heavy atom. The van der Waals surface area contributed by atoms with Gasteiger partial charge < -0.3 is 20.4 Å². The van der Waals surface area contributed by atoms with E-state index in [0.717, 1.165) is 37.6 Å². The predicted octanol–water partition coefficient (Wildman–Crippen LogP) is 1.51. The number of benzene rings is 1. The molecule has 1 aliphatic heterocycles. The fourth-order valence-electron chi connectivity index (χ4n) is 2.78. The molecule has 0 aliphatic carbocycles. The minimum atomic E-state index is -0.149. The Hall–Kier alpha value is -1.79. The Morgan fingerprint density at radius 3 is 2.78 bits per heavy atom. The summed E-state index contributed by atoms with van der Waals surface area (Å²) < 4.78 is 0. The van der Waals surface area contributed by atoms with Gasteiger partial charge in [0.1, 0.15) is 0 Å². The molecule has 1 fully saturated rings. The van der Waals surface area contributed by atoms with Crippen LogP contribution in [0.4, 0.5) is 16.2 Å². The van der Waals surface area contributed by atoms with Crippen LogP contribution in [0.5, 0.6) is 0 Å². The molecule has 0 radical (unpaired) electrons. The Morgan fingerprint density at radius 2 is 2.04 bits per heavy atom. The number of rotatable bonds is 5. The number of carbonyl (C=O) groups excluding carboxylic acids is 1. The quantitative estimate of drug-likeness (QED) is 0.864. The van der Waals surface area contributed by atoms with E-state index in [1.54, 1.807) is 0 Å². The zero-order valence-electron chi connectivity index (χ0n) is 14.7. The molecule has 0 saturated carbocycles. The normalized spacial score (nSPS) is 19.4. The number of urea groups is 1. The smallest absolute Gasteiger partial charge is 0.319 e. The highest BCUT2D eigenvalue weighted by molar-refractivity contribution is 5.93. The number of nitrogens with one attached hydrogen (secondary N) is 2. The van der Waals surface area contributed by atoms with Crippen molar-refractivity contribution >= 4 is 17.4 Å². The molecule has 6 nitrogen and oxygen atoms in total. The molecule has 1 aromatic rings. The first-order chi connectivity index (χ1) is 11.0. The number of carbonyl (C=O) groups is 1. The zero-order valence-corrected chi connectivity index (χ0v) is 14.7. The summed E-state index contributed by atoms with van der Waals surface area (Å²) in [5.41, 5.74) is 1.86. The summed E-state index contributed by atoms with van der Waals surface area (Å²) in [6.07, 6.45) is 0. The molecule has 0 aromatic heterocycles. The minimum Gasteiger partial charge on any atom is -0.373 e. The van der Waals surface area contributed by atoms with E-state index in [2.05, 4.69) is 46.4 Å². The SMILES string of the molecule is CCN(C)c1ccccc1NC(=O)NC[C@H]1CN(C)CCN1C. The lowest BCUT2D eigenvalue weighted by Crippen LogP contribution is -2.54. The maximum Gasteiger partial charge on any atom is 0.319 e. The van der Waals surface area contributed by atoms with Crippen LogP contribution < -0.4 is 15.5 Å². The van der Waals surface area contributed by atoms with Gasteiger partial charge in [0.15, 0.2) is 0 Å². The van der Waals surface area contributed by atoms with Crippen molar-refractivity contribution in [3.8, 4) is 0 Å². The van der Waals surface area contributed by atoms with Crippen LogP contribution in [0.2, 0.25) is 0 Å². The van der Waals surface area contributed by atoms with E-state index in [0.29, 0.717) is 12.6 Å². The predicted molar refractivity (Wildman–Crippen MR) is 96.3 cm³/mol. The number of nitrogens with zero attached hydrogens (tertiary/aromatic N) is 3. The van der Waals surface area contributed by atoms with Crippen molar-refractivity contribution in [2.24, 2.45) is 0 Å². The van der Waals surface area contributed by atoms with Crippen molar-refractivity contribution in [1.29, 1.82) is 0 Å². The standard InChI is InChI=1S/C17H29N5O/c1-5-21(3)16-9-7-6-8-15(16)19-17(23)18-12-14-13-20(2)10-11-22(14)4/h6-9,14H,5,10-13H2,1-4H3,(H2,18,19,23)/t14-/m0/s1. The molecule has 1 atom stereocenters. The summed E-state index contributed by atoms with van der Waals surface area (Å²) in [7, 11) is 6.25. The van der Waals surface area contributed by atoms with Gasteiger partial charge in [-0.15, -0.1) is 0 Å². The lowest BCUT2D eigenvalue weighted by molar-refractivity contribution is 0.115. The largest absolute Gasteiger partial charge is 0.373 e. The number of hydrogen-bond donors (Lipinski definition) is 2. The molecule has 0 bridgehead atoms. The van der Waals surface area contributed by atoms with Crippen LogP contribution in [0.3, 0.4) is 0 Å². The topological polar surface area (TPSA) is 50.9 Å². The van der Waals surface area contributed by atoms with Crippen LogP contribution in [0.1, 0.15) is 6.92 Å².